The van der Waals surface area contributed by atoms with E-state index in [9.17, 15) is 9.59 Å². The topological polar surface area (TPSA) is 81.4 Å². The van der Waals surface area contributed by atoms with Gasteiger partial charge >= 0.3 is 0 Å². The van der Waals surface area contributed by atoms with E-state index in [2.05, 4.69) is 5.32 Å². The summed E-state index contributed by atoms with van der Waals surface area (Å²) in [5.74, 6) is 0.175. The van der Waals surface area contributed by atoms with Gasteiger partial charge in [-0.05, 0) is 50.3 Å². The number of amides is 2. The molecule has 2 atom stereocenters. The third-order valence-corrected chi connectivity index (χ3v) is 4.14. The normalized spacial score (nSPS) is 21.2. The largest absolute Gasteiger partial charge is 0.483 e. The molecule has 120 valence electrons. The van der Waals surface area contributed by atoms with Gasteiger partial charge in [0.05, 0.1) is 0 Å². The lowest BCUT2D eigenvalue weighted by molar-refractivity contribution is -0.126. The standard InChI is InChI=1S/C17H24N2O3/c1-11-6-7-12(2)15(8-11)22-10-16(20)19-14-5-3-4-13(9-14)17(18)21/h6-8,13-14H,3-5,9-10H2,1-2H3,(H2,18,21)(H,19,20). The molecule has 2 rings (SSSR count). The Morgan fingerprint density at radius 1 is 1.32 bits per heavy atom. The highest BCUT2D eigenvalue weighted by Crippen LogP contribution is 2.24. The lowest BCUT2D eigenvalue weighted by atomic mass is 9.85. The van der Waals surface area contributed by atoms with Crippen molar-refractivity contribution in [2.45, 2.75) is 45.6 Å². The molecule has 1 aromatic carbocycles. The lowest BCUT2D eigenvalue weighted by Gasteiger charge is -2.27. The molecule has 2 amide bonds. The van der Waals surface area contributed by atoms with E-state index in [1.54, 1.807) is 0 Å². The Bertz CT molecular complexity index is 557. The minimum Gasteiger partial charge on any atom is -0.483 e. The van der Waals surface area contributed by atoms with Gasteiger partial charge in [-0.3, -0.25) is 9.59 Å². The van der Waals surface area contributed by atoms with Crippen molar-refractivity contribution in [2.24, 2.45) is 11.7 Å². The predicted molar refractivity (Wildman–Crippen MR) is 84.5 cm³/mol. The molecule has 0 aromatic heterocycles. The first-order valence-corrected chi connectivity index (χ1v) is 7.74. The Hall–Kier alpha value is -2.04. The number of carbonyl (C=O) groups is 2. The molecule has 0 spiro atoms. The van der Waals surface area contributed by atoms with Crippen LogP contribution in [0.2, 0.25) is 0 Å². The van der Waals surface area contributed by atoms with E-state index in [4.69, 9.17) is 10.5 Å². The van der Waals surface area contributed by atoms with Crippen LogP contribution in [0.3, 0.4) is 0 Å². The minimum absolute atomic E-state index is 0.0119. The number of hydrogen-bond donors (Lipinski definition) is 2. The fraction of sp³-hybridized carbons (Fsp3) is 0.529. The Balaban J connectivity index is 1.83. The molecule has 1 saturated carbocycles. The quantitative estimate of drug-likeness (QED) is 0.871. The number of rotatable bonds is 5. The fourth-order valence-electron chi connectivity index (χ4n) is 2.85. The highest BCUT2D eigenvalue weighted by molar-refractivity contribution is 5.79. The molecular weight excluding hydrogens is 280 g/mol. The summed E-state index contributed by atoms with van der Waals surface area (Å²) < 4.78 is 5.59. The van der Waals surface area contributed by atoms with Crippen LogP contribution < -0.4 is 15.8 Å². The van der Waals surface area contributed by atoms with E-state index in [0.29, 0.717) is 6.42 Å². The number of ether oxygens (including phenoxy) is 1. The van der Waals surface area contributed by atoms with E-state index in [1.807, 2.05) is 32.0 Å². The van der Waals surface area contributed by atoms with Gasteiger partial charge in [0, 0.05) is 12.0 Å². The van der Waals surface area contributed by atoms with Crippen molar-refractivity contribution in [2.75, 3.05) is 6.61 Å². The van der Waals surface area contributed by atoms with Crippen molar-refractivity contribution in [1.82, 2.24) is 5.32 Å². The average Bonchev–Trinajstić information content (AvgIpc) is 2.48. The zero-order valence-electron chi connectivity index (χ0n) is 13.2. The lowest BCUT2D eigenvalue weighted by Crippen LogP contribution is -2.43. The fourth-order valence-corrected chi connectivity index (χ4v) is 2.85. The second-order valence-corrected chi connectivity index (χ2v) is 6.09. The zero-order valence-corrected chi connectivity index (χ0v) is 13.2. The van der Waals surface area contributed by atoms with Crippen LogP contribution in [0.1, 0.15) is 36.8 Å². The zero-order chi connectivity index (χ0) is 16.1. The maximum Gasteiger partial charge on any atom is 0.258 e. The van der Waals surface area contributed by atoms with Crippen molar-refractivity contribution in [3.63, 3.8) is 0 Å². The first-order valence-electron chi connectivity index (χ1n) is 7.74. The molecule has 0 heterocycles. The third-order valence-electron chi connectivity index (χ3n) is 4.14. The van der Waals surface area contributed by atoms with E-state index in [-0.39, 0.29) is 30.4 Å². The van der Waals surface area contributed by atoms with Crippen LogP contribution in [-0.2, 0) is 9.59 Å². The summed E-state index contributed by atoms with van der Waals surface area (Å²) in [6.07, 6.45) is 3.25. The Kier molecular flexibility index (Phi) is 5.41. The van der Waals surface area contributed by atoms with Crippen LogP contribution in [0.25, 0.3) is 0 Å². The van der Waals surface area contributed by atoms with Gasteiger partial charge in [0.15, 0.2) is 6.61 Å². The van der Waals surface area contributed by atoms with Crippen LogP contribution in [0.5, 0.6) is 5.75 Å². The summed E-state index contributed by atoms with van der Waals surface area (Å²) in [4.78, 5) is 23.3. The first-order chi connectivity index (χ1) is 10.5. The number of benzene rings is 1. The second kappa shape index (κ2) is 7.29. The van der Waals surface area contributed by atoms with Crippen LogP contribution in [-0.4, -0.2) is 24.5 Å². The Morgan fingerprint density at radius 2 is 2.09 bits per heavy atom. The van der Waals surface area contributed by atoms with Crippen molar-refractivity contribution < 1.29 is 14.3 Å². The van der Waals surface area contributed by atoms with Gasteiger partial charge in [-0.25, -0.2) is 0 Å². The smallest absolute Gasteiger partial charge is 0.258 e. The summed E-state index contributed by atoms with van der Waals surface area (Å²) in [6, 6.07) is 5.92. The van der Waals surface area contributed by atoms with Gasteiger partial charge in [0.1, 0.15) is 5.75 Å². The molecule has 5 nitrogen and oxygen atoms in total. The maximum atomic E-state index is 12.0. The van der Waals surface area contributed by atoms with Crippen LogP contribution in [0.15, 0.2) is 18.2 Å². The molecule has 1 aliphatic rings. The number of hydrogen-bond acceptors (Lipinski definition) is 3. The van der Waals surface area contributed by atoms with Crippen molar-refractivity contribution >= 4 is 11.8 Å². The van der Waals surface area contributed by atoms with Gasteiger partial charge in [-0.2, -0.15) is 0 Å². The van der Waals surface area contributed by atoms with E-state index in [0.717, 1.165) is 36.1 Å². The predicted octanol–water partition coefficient (Wildman–Crippen LogP) is 1.84. The van der Waals surface area contributed by atoms with Crippen LogP contribution >= 0.6 is 0 Å². The summed E-state index contributed by atoms with van der Waals surface area (Å²) >= 11 is 0. The monoisotopic (exact) mass is 304 g/mol. The minimum atomic E-state index is -0.273. The maximum absolute atomic E-state index is 12.0. The van der Waals surface area contributed by atoms with Crippen LogP contribution in [0.4, 0.5) is 0 Å². The highest BCUT2D eigenvalue weighted by Gasteiger charge is 2.26. The Labute approximate surface area is 131 Å². The van der Waals surface area contributed by atoms with Gasteiger partial charge in [0.2, 0.25) is 5.91 Å². The van der Waals surface area contributed by atoms with Crippen molar-refractivity contribution in [3.05, 3.63) is 29.3 Å². The molecule has 1 aromatic rings. The number of carbonyl (C=O) groups excluding carboxylic acids is 2. The van der Waals surface area contributed by atoms with Gasteiger partial charge in [-0.1, -0.05) is 18.6 Å². The molecule has 1 fully saturated rings. The molecule has 0 bridgehead atoms. The molecule has 0 radical (unpaired) electrons. The molecule has 3 N–H and O–H groups in total. The van der Waals surface area contributed by atoms with Gasteiger partial charge in [0.25, 0.3) is 5.91 Å². The van der Waals surface area contributed by atoms with Crippen molar-refractivity contribution in [3.8, 4) is 5.75 Å². The molecule has 5 heteroatoms. The van der Waals surface area contributed by atoms with Gasteiger partial charge in [-0.15, -0.1) is 0 Å². The van der Waals surface area contributed by atoms with E-state index < -0.39 is 0 Å². The average molecular weight is 304 g/mol. The number of aryl methyl sites for hydroxylation is 2. The Morgan fingerprint density at radius 3 is 2.82 bits per heavy atom. The number of nitrogens with one attached hydrogen (secondary N) is 1. The molecule has 0 saturated heterocycles. The first kappa shape index (κ1) is 16.3. The SMILES string of the molecule is Cc1ccc(C)c(OCC(=O)NC2CCCC(C(N)=O)C2)c1. The molecular formula is C17H24N2O3. The molecule has 0 aliphatic heterocycles. The summed E-state index contributed by atoms with van der Waals surface area (Å²) in [7, 11) is 0. The van der Waals surface area contributed by atoms with Gasteiger partial charge < -0.3 is 15.8 Å². The van der Waals surface area contributed by atoms with E-state index in [1.165, 1.54) is 0 Å². The summed E-state index contributed by atoms with van der Waals surface area (Å²) in [6.45, 7) is 3.92. The third kappa shape index (κ3) is 4.48. The summed E-state index contributed by atoms with van der Waals surface area (Å²) in [5, 5.41) is 2.94. The van der Waals surface area contributed by atoms with E-state index >= 15 is 0 Å². The molecule has 2 unspecified atom stereocenters. The number of nitrogens with two attached hydrogens (primary N) is 1. The number of primary amides is 1. The molecule has 22 heavy (non-hydrogen) atoms. The summed E-state index contributed by atoms with van der Waals surface area (Å²) in [5.41, 5.74) is 7.45. The molecule has 1 aliphatic carbocycles. The van der Waals surface area contributed by atoms with Crippen molar-refractivity contribution in [1.29, 1.82) is 0 Å². The van der Waals surface area contributed by atoms with Crippen LogP contribution in [0, 0.1) is 19.8 Å². The second-order valence-electron chi connectivity index (χ2n) is 6.09. The highest BCUT2D eigenvalue weighted by atomic mass is 16.5.